The van der Waals surface area contributed by atoms with Gasteiger partial charge in [-0.05, 0) is 25.0 Å². The fraction of sp³-hybridized carbons (Fsp3) is 0.667. The molecule has 0 aliphatic carbocycles. The van der Waals surface area contributed by atoms with Gasteiger partial charge in [-0.1, -0.05) is 13.8 Å². The minimum atomic E-state index is -0.0256. The van der Waals surface area contributed by atoms with E-state index in [4.69, 9.17) is 0 Å². The molecule has 0 bridgehead atoms. The summed E-state index contributed by atoms with van der Waals surface area (Å²) in [6.45, 7) is 7.46. The first-order valence-corrected chi connectivity index (χ1v) is 7.10. The van der Waals surface area contributed by atoms with Crippen LogP contribution in [0.5, 0.6) is 0 Å². The van der Waals surface area contributed by atoms with Gasteiger partial charge in [0.25, 0.3) is 0 Å². The third-order valence-electron chi connectivity index (χ3n) is 3.82. The quantitative estimate of drug-likeness (QED) is 0.848. The van der Waals surface area contributed by atoms with Crippen molar-refractivity contribution >= 4 is 5.69 Å². The summed E-state index contributed by atoms with van der Waals surface area (Å²) in [4.78, 5) is 6.47. The van der Waals surface area contributed by atoms with Gasteiger partial charge in [0.15, 0.2) is 0 Å². The number of hydrogen-bond donors (Lipinski definition) is 2. The molecule has 0 atom stereocenters. The standard InChI is InChI=1S/C15H25N3O/c1-15(2,12-19)11-17-13-5-9-18(10-6-13)14-3-7-16-8-4-14/h3-4,7-8,13,17,19H,5-6,9-12H2,1-2H3. The lowest BCUT2D eigenvalue weighted by molar-refractivity contribution is 0.151. The maximum Gasteiger partial charge on any atom is 0.0494 e. The number of rotatable bonds is 5. The zero-order chi connectivity index (χ0) is 13.7. The number of anilines is 1. The van der Waals surface area contributed by atoms with E-state index in [9.17, 15) is 5.11 Å². The molecular formula is C15H25N3O. The summed E-state index contributed by atoms with van der Waals surface area (Å²) >= 11 is 0. The van der Waals surface area contributed by atoms with Gasteiger partial charge in [0.1, 0.15) is 0 Å². The van der Waals surface area contributed by atoms with E-state index in [0.717, 1.165) is 32.5 Å². The van der Waals surface area contributed by atoms with Crippen LogP contribution in [0.2, 0.25) is 0 Å². The second-order valence-electron chi connectivity index (χ2n) is 6.17. The Morgan fingerprint density at radius 3 is 2.53 bits per heavy atom. The molecule has 1 fully saturated rings. The molecule has 0 radical (unpaired) electrons. The molecular weight excluding hydrogens is 238 g/mol. The molecule has 2 heterocycles. The fourth-order valence-corrected chi connectivity index (χ4v) is 2.37. The average molecular weight is 263 g/mol. The van der Waals surface area contributed by atoms with Gasteiger partial charge < -0.3 is 15.3 Å². The van der Waals surface area contributed by atoms with E-state index in [0.29, 0.717) is 6.04 Å². The second-order valence-corrected chi connectivity index (χ2v) is 6.17. The Morgan fingerprint density at radius 1 is 1.32 bits per heavy atom. The summed E-state index contributed by atoms with van der Waals surface area (Å²) in [6, 6.07) is 4.72. The number of nitrogens with one attached hydrogen (secondary N) is 1. The van der Waals surface area contributed by atoms with E-state index in [1.165, 1.54) is 5.69 Å². The zero-order valence-electron chi connectivity index (χ0n) is 12.0. The molecule has 106 valence electrons. The molecule has 1 aliphatic heterocycles. The van der Waals surface area contributed by atoms with E-state index < -0.39 is 0 Å². The third kappa shape index (κ3) is 4.18. The Kier molecular flexibility index (Phi) is 4.77. The number of piperidine rings is 1. The molecule has 0 unspecified atom stereocenters. The molecule has 1 saturated heterocycles. The van der Waals surface area contributed by atoms with Gasteiger partial charge in [-0.2, -0.15) is 0 Å². The van der Waals surface area contributed by atoms with Crippen LogP contribution in [-0.2, 0) is 0 Å². The number of aliphatic hydroxyl groups excluding tert-OH is 1. The van der Waals surface area contributed by atoms with Gasteiger partial charge >= 0.3 is 0 Å². The summed E-state index contributed by atoms with van der Waals surface area (Å²) in [6.07, 6.45) is 6.01. The van der Waals surface area contributed by atoms with E-state index in [2.05, 4.69) is 41.2 Å². The smallest absolute Gasteiger partial charge is 0.0494 e. The molecule has 1 aromatic heterocycles. The molecule has 0 aromatic carbocycles. The summed E-state index contributed by atoms with van der Waals surface area (Å²) in [7, 11) is 0. The van der Waals surface area contributed by atoms with Crippen LogP contribution in [0.25, 0.3) is 0 Å². The van der Waals surface area contributed by atoms with E-state index in [1.807, 2.05) is 12.4 Å². The van der Waals surface area contributed by atoms with Crippen molar-refractivity contribution in [3.8, 4) is 0 Å². The number of pyridine rings is 1. The summed E-state index contributed by atoms with van der Waals surface area (Å²) in [5.74, 6) is 0. The van der Waals surface area contributed by atoms with Crippen LogP contribution in [0.4, 0.5) is 5.69 Å². The maximum atomic E-state index is 9.26. The molecule has 19 heavy (non-hydrogen) atoms. The van der Waals surface area contributed by atoms with E-state index in [-0.39, 0.29) is 12.0 Å². The van der Waals surface area contributed by atoms with Crippen LogP contribution >= 0.6 is 0 Å². The molecule has 0 amide bonds. The van der Waals surface area contributed by atoms with Crippen molar-refractivity contribution in [1.29, 1.82) is 0 Å². The highest BCUT2D eigenvalue weighted by Gasteiger charge is 2.22. The topological polar surface area (TPSA) is 48.4 Å². The molecule has 4 nitrogen and oxygen atoms in total. The first-order chi connectivity index (χ1) is 9.11. The SMILES string of the molecule is CC(C)(CO)CNC1CCN(c2ccncc2)CC1. The van der Waals surface area contributed by atoms with Crippen molar-refractivity contribution in [2.75, 3.05) is 31.1 Å². The first-order valence-electron chi connectivity index (χ1n) is 7.10. The van der Waals surface area contributed by atoms with Crippen LogP contribution in [-0.4, -0.2) is 42.4 Å². The predicted molar refractivity (Wildman–Crippen MR) is 78.3 cm³/mol. The molecule has 2 N–H and O–H groups in total. The highest BCUT2D eigenvalue weighted by Crippen LogP contribution is 2.20. The fourth-order valence-electron chi connectivity index (χ4n) is 2.37. The first kappa shape index (κ1) is 14.3. The Balaban J connectivity index is 1.77. The van der Waals surface area contributed by atoms with Gasteiger partial charge in [-0.25, -0.2) is 0 Å². The third-order valence-corrected chi connectivity index (χ3v) is 3.82. The highest BCUT2D eigenvalue weighted by molar-refractivity contribution is 5.44. The van der Waals surface area contributed by atoms with Crippen molar-refractivity contribution in [2.45, 2.75) is 32.7 Å². The maximum absolute atomic E-state index is 9.26. The molecule has 1 aliphatic rings. The van der Waals surface area contributed by atoms with E-state index >= 15 is 0 Å². The number of hydrogen-bond acceptors (Lipinski definition) is 4. The van der Waals surface area contributed by atoms with Crippen molar-refractivity contribution < 1.29 is 5.11 Å². The van der Waals surface area contributed by atoms with E-state index in [1.54, 1.807) is 0 Å². The summed E-state index contributed by atoms with van der Waals surface area (Å²) < 4.78 is 0. The Bertz CT molecular complexity index is 372. The van der Waals surface area contributed by atoms with Crippen molar-refractivity contribution in [2.24, 2.45) is 5.41 Å². The minimum absolute atomic E-state index is 0.0256. The lowest BCUT2D eigenvalue weighted by Gasteiger charge is -2.35. The van der Waals surface area contributed by atoms with Crippen LogP contribution < -0.4 is 10.2 Å². The number of aromatic nitrogens is 1. The lowest BCUT2D eigenvalue weighted by Crippen LogP contribution is -2.45. The highest BCUT2D eigenvalue weighted by atomic mass is 16.3. The predicted octanol–water partition coefficient (Wildman–Crippen LogP) is 1.66. The average Bonchev–Trinajstić information content (AvgIpc) is 2.47. The molecule has 2 rings (SSSR count). The van der Waals surface area contributed by atoms with Crippen molar-refractivity contribution in [1.82, 2.24) is 10.3 Å². The zero-order valence-corrected chi connectivity index (χ0v) is 12.0. The normalized spacial score (nSPS) is 17.7. The Hall–Kier alpha value is -1.13. The van der Waals surface area contributed by atoms with Gasteiger partial charge in [0.05, 0.1) is 0 Å². The summed E-state index contributed by atoms with van der Waals surface area (Å²) in [5.41, 5.74) is 1.24. The van der Waals surface area contributed by atoms with Gasteiger partial charge in [0.2, 0.25) is 0 Å². The van der Waals surface area contributed by atoms with Gasteiger partial charge in [-0.15, -0.1) is 0 Å². The van der Waals surface area contributed by atoms with Crippen molar-refractivity contribution in [3.63, 3.8) is 0 Å². The Labute approximate surface area is 115 Å². The lowest BCUT2D eigenvalue weighted by atomic mass is 9.93. The van der Waals surface area contributed by atoms with Crippen molar-refractivity contribution in [3.05, 3.63) is 24.5 Å². The molecule has 0 saturated carbocycles. The summed E-state index contributed by atoms with van der Waals surface area (Å²) in [5, 5.41) is 12.8. The monoisotopic (exact) mass is 263 g/mol. The second kappa shape index (κ2) is 6.35. The van der Waals surface area contributed by atoms with Crippen LogP contribution in [0.3, 0.4) is 0 Å². The number of aliphatic hydroxyl groups is 1. The van der Waals surface area contributed by atoms with Gasteiger partial charge in [-0.3, -0.25) is 4.98 Å². The number of nitrogens with zero attached hydrogens (tertiary/aromatic N) is 2. The molecule has 1 aromatic rings. The van der Waals surface area contributed by atoms with Crippen LogP contribution in [0, 0.1) is 5.41 Å². The Morgan fingerprint density at radius 2 is 1.95 bits per heavy atom. The van der Waals surface area contributed by atoms with Gasteiger partial charge in [0, 0.05) is 55.8 Å². The molecule has 4 heteroatoms. The van der Waals surface area contributed by atoms with Crippen LogP contribution in [0.15, 0.2) is 24.5 Å². The van der Waals surface area contributed by atoms with Crippen LogP contribution in [0.1, 0.15) is 26.7 Å². The molecule has 0 spiro atoms. The largest absolute Gasteiger partial charge is 0.396 e. The minimum Gasteiger partial charge on any atom is -0.396 e.